The molecule has 0 radical (unpaired) electrons. The Hall–Kier alpha value is -3.84. The summed E-state index contributed by atoms with van der Waals surface area (Å²) in [6, 6.07) is 16.8. The summed E-state index contributed by atoms with van der Waals surface area (Å²) in [4.78, 5) is 27.8. The maximum absolute atomic E-state index is 13.5. The van der Waals surface area contributed by atoms with Crippen LogP contribution in [0, 0.1) is 5.82 Å². The Morgan fingerprint density at radius 2 is 1.53 bits per heavy atom. The average molecular weight is 453 g/mol. The van der Waals surface area contributed by atoms with Crippen molar-refractivity contribution in [1.82, 2.24) is 0 Å². The van der Waals surface area contributed by atoms with Crippen molar-refractivity contribution in [3.63, 3.8) is 0 Å². The summed E-state index contributed by atoms with van der Waals surface area (Å²) in [6.07, 6.45) is 0. The van der Waals surface area contributed by atoms with E-state index in [1.165, 1.54) is 44.6 Å². The summed E-state index contributed by atoms with van der Waals surface area (Å²) in [5.74, 6) is -0.581. The summed E-state index contributed by atoms with van der Waals surface area (Å²) in [5, 5.41) is 3.41. The Balaban J connectivity index is 1.83. The topological polar surface area (TPSA) is 67.9 Å². The van der Waals surface area contributed by atoms with Gasteiger partial charge in [0.25, 0.3) is 11.8 Å². The smallest absolute Gasteiger partial charge is 0.282 e. The normalized spacial score (nSPS) is 13.6. The Kier molecular flexibility index (Phi) is 5.83. The zero-order valence-corrected chi connectivity index (χ0v) is 17.9. The largest absolute Gasteiger partial charge is 0.497 e. The molecule has 32 heavy (non-hydrogen) atoms. The van der Waals surface area contributed by atoms with E-state index >= 15 is 0 Å². The molecule has 0 saturated carbocycles. The van der Waals surface area contributed by atoms with Gasteiger partial charge >= 0.3 is 0 Å². The van der Waals surface area contributed by atoms with Gasteiger partial charge in [-0.25, -0.2) is 9.29 Å². The number of rotatable bonds is 6. The Morgan fingerprint density at radius 3 is 2.12 bits per heavy atom. The zero-order valence-electron chi connectivity index (χ0n) is 17.2. The van der Waals surface area contributed by atoms with Crippen LogP contribution in [0.5, 0.6) is 11.5 Å². The lowest BCUT2D eigenvalue weighted by molar-refractivity contribution is -0.120. The van der Waals surface area contributed by atoms with Crippen LogP contribution in [0.3, 0.4) is 0 Å². The van der Waals surface area contributed by atoms with Crippen molar-refractivity contribution in [3.8, 4) is 11.5 Å². The van der Waals surface area contributed by atoms with Crippen molar-refractivity contribution < 1.29 is 23.5 Å². The molecule has 2 amide bonds. The van der Waals surface area contributed by atoms with E-state index in [1.54, 1.807) is 36.4 Å². The zero-order chi connectivity index (χ0) is 22.8. The van der Waals surface area contributed by atoms with E-state index in [0.717, 1.165) is 4.90 Å². The van der Waals surface area contributed by atoms with E-state index in [2.05, 4.69) is 5.32 Å². The van der Waals surface area contributed by atoms with E-state index in [1.807, 2.05) is 0 Å². The number of amides is 2. The molecule has 1 aliphatic heterocycles. The molecule has 1 heterocycles. The molecule has 162 valence electrons. The van der Waals surface area contributed by atoms with Gasteiger partial charge in [0.1, 0.15) is 23.0 Å². The third-order valence-corrected chi connectivity index (χ3v) is 5.14. The van der Waals surface area contributed by atoms with Gasteiger partial charge in [-0.1, -0.05) is 29.8 Å². The van der Waals surface area contributed by atoms with Crippen LogP contribution in [-0.2, 0) is 9.59 Å². The monoisotopic (exact) mass is 452 g/mol. The Morgan fingerprint density at radius 1 is 0.875 bits per heavy atom. The molecular formula is C24H18ClFN2O4. The molecule has 4 rings (SSSR count). The highest BCUT2D eigenvalue weighted by Gasteiger charge is 2.40. The van der Waals surface area contributed by atoms with Crippen LogP contribution >= 0.6 is 11.6 Å². The summed E-state index contributed by atoms with van der Waals surface area (Å²) in [7, 11) is 3.01. The highest BCUT2D eigenvalue weighted by atomic mass is 35.5. The molecule has 0 saturated heterocycles. The third-order valence-electron chi connectivity index (χ3n) is 4.90. The molecule has 3 aromatic rings. The van der Waals surface area contributed by atoms with Gasteiger partial charge in [-0.15, -0.1) is 0 Å². The van der Waals surface area contributed by atoms with Crippen molar-refractivity contribution in [2.45, 2.75) is 0 Å². The van der Waals surface area contributed by atoms with Gasteiger partial charge in [0.15, 0.2) is 0 Å². The Labute approximate surface area is 188 Å². The fourth-order valence-electron chi connectivity index (χ4n) is 3.40. The number of hydrogen-bond donors (Lipinski definition) is 1. The highest BCUT2D eigenvalue weighted by molar-refractivity contribution is 6.46. The van der Waals surface area contributed by atoms with E-state index in [9.17, 15) is 14.0 Å². The molecule has 0 aliphatic carbocycles. The van der Waals surface area contributed by atoms with Gasteiger partial charge in [-0.2, -0.15) is 0 Å². The number of carbonyl (C=O) groups is 2. The van der Waals surface area contributed by atoms with Crippen molar-refractivity contribution in [1.29, 1.82) is 0 Å². The van der Waals surface area contributed by atoms with Gasteiger partial charge in [0, 0.05) is 28.9 Å². The molecule has 1 N–H and O–H groups in total. The van der Waals surface area contributed by atoms with Crippen LogP contribution in [0.4, 0.5) is 15.8 Å². The molecule has 6 nitrogen and oxygen atoms in total. The lowest BCUT2D eigenvalue weighted by atomic mass is 10.0. The SMILES string of the molecule is COc1cc(NC2=C(c3ccc(F)cc3)C(=O)N(c3cccc(Cl)c3)C2=O)cc(OC)c1. The lowest BCUT2D eigenvalue weighted by Gasteiger charge is -2.16. The predicted octanol–water partition coefficient (Wildman–Crippen LogP) is 4.89. The lowest BCUT2D eigenvalue weighted by Crippen LogP contribution is -2.32. The van der Waals surface area contributed by atoms with Crippen LogP contribution in [0.25, 0.3) is 5.57 Å². The number of hydrogen-bond acceptors (Lipinski definition) is 5. The van der Waals surface area contributed by atoms with Crippen molar-refractivity contribution in [2.24, 2.45) is 0 Å². The molecule has 0 fully saturated rings. The van der Waals surface area contributed by atoms with Gasteiger partial charge in [-0.3, -0.25) is 9.59 Å². The number of anilines is 2. The molecule has 0 atom stereocenters. The number of nitrogens with one attached hydrogen (secondary N) is 1. The Bertz CT molecular complexity index is 1220. The number of imide groups is 1. The first-order chi connectivity index (χ1) is 15.4. The number of nitrogens with zero attached hydrogens (tertiary/aromatic N) is 1. The first kappa shape index (κ1) is 21.4. The van der Waals surface area contributed by atoms with Gasteiger partial charge in [0.2, 0.25) is 0 Å². The van der Waals surface area contributed by atoms with Crippen LogP contribution in [-0.4, -0.2) is 26.0 Å². The molecule has 1 aliphatic rings. The second-order valence-electron chi connectivity index (χ2n) is 6.91. The summed E-state index contributed by atoms with van der Waals surface area (Å²) >= 11 is 6.07. The van der Waals surface area contributed by atoms with E-state index in [0.29, 0.717) is 33.5 Å². The number of benzene rings is 3. The summed E-state index contributed by atoms with van der Waals surface area (Å²) in [5.41, 5.74) is 1.34. The molecule has 3 aromatic carbocycles. The van der Waals surface area contributed by atoms with E-state index in [4.69, 9.17) is 21.1 Å². The summed E-state index contributed by atoms with van der Waals surface area (Å²) in [6.45, 7) is 0. The highest BCUT2D eigenvalue weighted by Crippen LogP contribution is 2.36. The molecule has 8 heteroatoms. The number of methoxy groups -OCH3 is 2. The van der Waals surface area contributed by atoms with Gasteiger partial charge in [0.05, 0.1) is 25.5 Å². The van der Waals surface area contributed by atoms with E-state index < -0.39 is 17.6 Å². The minimum Gasteiger partial charge on any atom is -0.497 e. The van der Waals surface area contributed by atoms with Crippen LogP contribution < -0.4 is 19.7 Å². The fraction of sp³-hybridized carbons (Fsp3) is 0.0833. The molecule has 0 unspecified atom stereocenters. The van der Waals surface area contributed by atoms with Crippen molar-refractivity contribution in [3.05, 3.63) is 88.8 Å². The minimum atomic E-state index is -0.571. The molecular weight excluding hydrogens is 435 g/mol. The predicted molar refractivity (Wildman–Crippen MR) is 120 cm³/mol. The maximum Gasteiger partial charge on any atom is 0.282 e. The van der Waals surface area contributed by atoms with Crippen LogP contribution in [0.15, 0.2) is 72.4 Å². The first-order valence-electron chi connectivity index (χ1n) is 9.56. The second-order valence-corrected chi connectivity index (χ2v) is 7.35. The average Bonchev–Trinajstić information content (AvgIpc) is 3.03. The van der Waals surface area contributed by atoms with Crippen LogP contribution in [0.2, 0.25) is 5.02 Å². The van der Waals surface area contributed by atoms with Gasteiger partial charge in [-0.05, 0) is 35.9 Å². The molecule has 0 aromatic heterocycles. The first-order valence-corrected chi connectivity index (χ1v) is 9.93. The van der Waals surface area contributed by atoms with Crippen molar-refractivity contribution in [2.75, 3.05) is 24.4 Å². The number of halogens is 2. The van der Waals surface area contributed by atoms with E-state index in [-0.39, 0.29) is 11.3 Å². The molecule has 0 spiro atoms. The quantitative estimate of drug-likeness (QED) is 0.539. The number of carbonyl (C=O) groups excluding carboxylic acids is 2. The minimum absolute atomic E-state index is 0.0388. The standard InChI is InChI=1S/C24H18ClFN2O4/c1-31-19-11-17(12-20(13-19)32-2)27-22-21(14-6-8-16(26)9-7-14)23(29)28(24(22)30)18-5-3-4-15(25)10-18/h3-13,27H,1-2H3. The molecule has 0 bridgehead atoms. The second kappa shape index (κ2) is 8.72. The summed E-state index contributed by atoms with van der Waals surface area (Å²) < 4.78 is 24.1. The maximum atomic E-state index is 13.5. The third kappa shape index (κ3) is 4.02. The fourth-order valence-corrected chi connectivity index (χ4v) is 3.59. The number of ether oxygens (including phenoxy) is 2. The van der Waals surface area contributed by atoms with Gasteiger partial charge < -0.3 is 14.8 Å². The van der Waals surface area contributed by atoms with Crippen molar-refractivity contribution >= 4 is 40.4 Å². The van der Waals surface area contributed by atoms with Crippen LogP contribution in [0.1, 0.15) is 5.56 Å².